The quantitative estimate of drug-likeness (QED) is 0.337. The second-order valence-electron chi connectivity index (χ2n) is 8.04. The summed E-state index contributed by atoms with van der Waals surface area (Å²) in [4.78, 5) is 35.4. The third-order valence-corrected chi connectivity index (χ3v) is 6.46. The van der Waals surface area contributed by atoms with E-state index in [1.807, 2.05) is 36.4 Å². The highest BCUT2D eigenvalue weighted by atomic mass is 79.9. The van der Waals surface area contributed by atoms with E-state index in [2.05, 4.69) is 38.7 Å². The maximum absolute atomic E-state index is 12.5. The Morgan fingerprint density at radius 1 is 0.971 bits per heavy atom. The summed E-state index contributed by atoms with van der Waals surface area (Å²) >= 11 is 3.35. The number of halogens is 1. The molecule has 8 nitrogen and oxygen atoms in total. The van der Waals surface area contributed by atoms with E-state index in [0.29, 0.717) is 15.7 Å². The number of hydrogen-bond acceptors (Lipinski definition) is 5. The minimum absolute atomic E-state index is 0.00364. The van der Waals surface area contributed by atoms with Crippen molar-refractivity contribution >= 4 is 39.6 Å². The van der Waals surface area contributed by atoms with Gasteiger partial charge in [-0.05, 0) is 56.4 Å². The number of carboxylic acids is 1. The lowest BCUT2D eigenvalue weighted by atomic mass is 9.98. The molecule has 4 rings (SSSR count). The van der Waals surface area contributed by atoms with Gasteiger partial charge in [-0.3, -0.25) is 10.1 Å². The molecule has 35 heavy (non-hydrogen) atoms. The third-order valence-electron chi connectivity index (χ3n) is 5.80. The van der Waals surface area contributed by atoms with Gasteiger partial charge < -0.3 is 20.3 Å². The molecule has 1 aliphatic carbocycles. The standard InChI is InChI=1S/C26H23BrN2O6/c27-21-13-15(24(31)28-12-11-23(30)25(32)33)9-10-22(21)29-26(34)35-14-20-18-7-3-1-5-16(18)17-6-2-4-8-19(17)20/h1-10,13,20,23,30H,11-12,14H2,(H,28,31)(H,29,34)(H,32,33)/t23-/m0/s1. The normalized spacial score (nSPS) is 12.9. The first-order chi connectivity index (χ1) is 16.8. The Balaban J connectivity index is 1.34. The molecular weight excluding hydrogens is 516 g/mol. The number of anilines is 1. The average Bonchev–Trinajstić information content (AvgIpc) is 3.17. The van der Waals surface area contributed by atoms with Gasteiger partial charge in [0.1, 0.15) is 6.61 Å². The van der Waals surface area contributed by atoms with Crippen molar-refractivity contribution < 1.29 is 29.3 Å². The van der Waals surface area contributed by atoms with Crippen molar-refractivity contribution in [3.05, 3.63) is 87.9 Å². The molecule has 0 saturated heterocycles. The van der Waals surface area contributed by atoms with Crippen molar-refractivity contribution in [3.8, 4) is 11.1 Å². The molecule has 0 aromatic heterocycles. The smallest absolute Gasteiger partial charge is 0.411 e. The maximum Gasteiger partial charge on any atom is 0.411 e. The summed E-state index contributed by atoms with van der Waals surface area (Å²) in [5, 5.41) is 23.2. The van der Waals surface area contributed by atoms with Crippen LogP contribution in [0.5, 0.6) is 0 Å². The van der Waals surface area contributed by atoms with Crippen LogP contribution in [-0.4, -0.2) is 47.4 Å². The van der Waals surface area contributed by atoms with E-state index in [9.17, 15) is 19.5 Å². The number of ether oxygens (including phenoxy) is 1. The summed E-state index contributed by atoms with van der Waals surface area (Å²) in [6.45, 7) is 0.184. The Bertz CT molecular complexity index is 1230. The van der Waals surface area contributed by atoms with Gasteiger partial charge in [-0.1, -0.05) is 48.5 Å². The SMILES string of the molecule is O=C(Nc1ccc(C(=O)NCC[C@H](O)C(=O)O)cc1Br)OCC1c2ccccc2-c2ccccc21. The first kappa shape index (κ1) is 24.4. The molecule has 1 aliphatic rings. The molecule has 0 saturated carbocycles. The highest BCUT2D eigenvalue weighted by molar-refractivity contribution is 9.10. The Morgan fingerprint density at radius 2 is 1.60 bits per heavy atom. The van der Waals surface area contributed by atoms with Gasteiger partial charge in [0.25, 0.3) is 5.91 Å². The zero-order chi connectivity index (χ0) is 24.9. The van der Waals surface area contributed by atoms with Crippen LogP contribution in [0.3, 0.4) is 0 Å². The van der Waals surface area contributed by atoms with Crippen molar-refractivity contribution in [2.45, 2.75) is 18.4 Å². The van der Waals surface area contributed by atoms with E-state index in [1.54, 1.807) is 6.07 Å². The van der Waals surface area contributed by atoms with Gasteiger partial charge in [-0.2, -0.15) is 0 Å². The van der Waals surface area contributed by atoms with Crippen molar-refractivity contribution in [2.75, 3.05) is 18.5 Å². The van der Waals surface area contributed by atoms with Crippen molar-refractivity contribution in [2.24, 2.45) is 0 Å². The van der Waals surface area contributed by atoms with Gasteiger partial charge >= 0.3 is 12.1 Å². The molecule has 0 heterocycles. The van der Waals surface area contributed by atoms with Crippen LogP contribution in [0, 0.1) is 0 Å². The van der Waals surface area contributed by atoms with Crippen LogP contribution in [0.25, 0.3) is 11.1 Å². The lowest BCUT2D eigenvalue weighted by molar-refractivity contribution is -0.146. The molecule has 0 spiro atoms. The van der Waals surface area contributed by atoms with Gasteiger partial charge in [0.05, 0.1) is 5.69 Å². The predicted molar refractivity (Wildman–Crippen MR) is 133 cm³/mol. The highest BCUT2D eigenvalue weighted by Crippen LogP contribution is 2.44. The fraction of sp³-hybridized carbons (Fsp3) is 0.192. The van der Waals surface area contributed by atoms with E-state index in [1.165, 1.54) is 12.1 Å². The Labute approximate surface area is 210 Å². The molecule has 2 amide bonds. The number of aliphatic hydroxyl groups is 1. The summed E-state index contributed by atoms with van der Waals surface area (Å²) in [5.74, 6) is -1.83. The average molecular weight is 539 g/mol. The molecule has 180 valence electrons. The predicted octanol–water partition coefficient (Wildman–Crippen LogP) is 4.38. The van der Waals surface area contributed by atoms with Crippen molar-refractivity contribution in [1.82, 2.24) is 5.32 Å². The van der Waals surface area contributed by atoms with E-state index in [4.69, 9.17) is 9.84 Å². The molecule has 9 heteroatoms. The molecule has 0 radical (unpaired) electrons. The molecule has 0 fully saturated rings. The third kappa shape index (κ3) is 5.52. The minimum Gasteiger partial charge on any atom is -0.479 e. The second kappa shape index (κ2) is 10.7. The Kier molecular flexibility index (Phi) is 7.48. The molecular formula is C26H23BrN2O6. The van der Waals surface area contributed by atoms with Crippen LogP contribution in [0.2, 0.25) is 0 Å². The topological polar surface area (TPSA) is 125 Å². The number of amides is 2. The number of hydrogen-bond donors (Lipinski definition) is 4. The molecule has 0 unspecified atom stereocenters. The number of benzene rings is 3. The monoisotopic (exact) mass is 538 g/mol. The number of carbonyl (C=O) groups is 3. The number of fused-ring (bicyclic) bond motifs is 3. The van der Waals surface area contributed by atoms with Gasteiger partial charge in [0.2, 0.25) is 0 Å². The summed E-state index contributed by atoms with van der Waals surface area (Å²) in [6.07, 6.45) is -2.26. The molecule has 0 bridgehead atoms. The number of aliphatic hydroxyl groups excluding tert-OH is 1. The fourth-order valence-electron chi connectivity index (χ4n) is 4.05. The molecule has 0 aliphatic heterocycles. The zero-order valence-corrected chi connectivity index (χ0v) is 20.1. The van der Waals surface area contributed by atoms with Gasteiger partial charge in [-0.25, -0.2) is 9.59 Å². The van der Waals surface area contributed by atoms with Crippen LogP contribution in [0.4, 0.5) is 10.5 Å². The van der Waals surface area contributed by atoms with Crippen LogP contribution < -0.4 is 10.6 Å². The summed E-state index contributed by atoms with van der Waals surface area (Å²) in [5.41, 5.74) is 5.26. The first-order valence-electron chi connectivity index (χ1n) is 11.0. The largest absolute Gasteiger partial charge is 0.479 e. The first-order valence-corrected chi connectivity index (χ1v) is 11.7. The van der Waals surface area contributed by atoms with Crippen molar-refractivity contribution in [1.29, 1.82) is 0 Å². The number of nitrogens with one attached hydrogen (secondary N) is 2. The number of aliphatic carboxylic acids is 1. The van der Waals surface area contributed by atoms with E-state index in [0.717, 1.165) is 22.3 Å². The minimum atomic E-state index is -1.54. The van der Waals surface area contributed by atoms with Crippen molar-refractivity contribution in [3.63, 3.8) is 0 Å². The molecule has 3 aromatic rings. The Morgan fingerprint density at radius 3 is 2.20 bits per heavy atom. The molecule has 3 aromatic carbocycles. The van der Waals surface area contributed by atoms with Crippen LogP contribution >= 0.6 is 15.9 Å². The van der Waals surface area contributed by atoms with Gasteiger partial charge in [0.15, 0.2) is 6.10 Å². The van der Waals surface area contributed by atoms with E-state index in [-0.39, 0.29) is 25.5 Å². The Hall–Kier alpha value is -3.69. The fourth-order valence-corrected chi connectivity index (χ4v) is 4.53. The van der Waals surface area contributed by atoms with Gasteiger partial charge in [0, 0.05) is 28.9 Å². The lowest BCUT2D eigenvalue weighted by Gasteiger charge is -2.15. The highest BCUT2D eigenvalue weighted by Gasteiger charge is 2.29. The number of rotatable bonds is 8. The summed E-state index contributed by atoms with van der Waals surface area (Å²) in [6, 6.07) is 20.8. The summed E-state index contributed by atoms with van der Waals surface area (Å²) < 4.78 is 6.03. The lowest BCUT2D eigenvalue weighted by Crippen LogP contribution is -2.30. The maximum atomic E-state index is 12.5. The van der Waals surface area contributed by atoms with E-state index >= 15 is 0 Å². The van der Waals surface area contributed by atoms with Crippen LogP contribution in [0.15, 0.2) is 71.2 Å². The number of carboxylic acid groups (broad SMARTS) is 1. The number of carbonyl (C=O) groups excluding carboxylic acids is 2. The zero-order valence-electron chi connectivity index (χ0n) is 18.5. The van der Waals surface area contributed by atoms with Gasteiger partial charge in [-0.15, -0.1) is 0 Å². The van der Waals surface area contributed by atoms with Crippen LogP contribution in [-0.2, 0) is 9.53 Å². The molecule has 1 atom stereocenters. The van der Waals surface area contributed by atoms with Crippen LogP contribution in [0.1, 0.15) is 33.8 Å². The second-order valence-corrected chi connectivity index (χ2v) is 8.90. The summed E-state index contributed by atoms with van der Waals surface area (Å²) in [7, 11) is 0. The molecule has 4 N–H and O–H groups in total. The van der Waals surface area contributed by atoms with E-state index < -0.39 is 24.1 Å².